The predicted octanol–water partition coefficient (Wildman–Crippen LogP) is 4.15. The molecular weight excluding hydrogens is 502 g/mol. The van der Waals surface area contributed by atoms with Crippen LogP contribution in [0.5, 0.6) is 0 Å². The molecule has 8 heteroatoms. The topological polar surface area (TPSA) is 86.8 Å². The van der Waals surface area contributed by atoms with E-state index >= 15 is 0 Å². The molecule has 4 rings (SSSR count). The summed E-state index contributed by atoms with van der Waals surface area (Å²) >= 11 is 6.22. The molecule has 1 aliphatic heterocycles. The van der Waals surface area contributed by atoms with E-state index < -0.39 is 6.04 Å². The third kappa shape index (κ3) is 6.51. The van der Waals surface area contributed by atoms with Crippen LogP contribution in [0.4, 0.5) is 0 Å². The van der Waals surface area contributed by atoms with Crippen LogP contribution >= 0.6 is 11.6 Å². The fraction of sp³-hybridized carbons (Fsp3) is 0.400. The number of hydrogen-bond acceptors (Lipinski definition) is 4. The molecule has 0 spiro atoms. The monoisotopic (exact) mass is 535 g/mol. The highest BCUT2D eigenvalue weighted by Gasteiger charge is 2.47. The van der Waals surface area contributed by atoms with Gasteiger partial charge in [0.25, 0.3) is 0 Å². The molecule has 38 heavy (non-hydrogen) atoms. The van der Waals surface area contributed by atoms with Gasteiger partial charge in [-0.25, -0.2) is 0 Å². The smallest absolute Gasteiger partial charge is 0.243 e. The highest BCUT2D eigenvalue weighted by Crippen LogP contribution is 2.35. The van der Waals surface area contributed by atoms with Gasteiger partial charge < -0.3 is 10.2 Å². The van der Waals surface area contributed by atoms with Crippen LogP contribution < -0.4 is 5.32 Å². The van der Waals surface area contributed by atoms with Crippen molar-refractivity contribution >= 4 is 35.2 Å². The maximum Gasteiger partial charge on any atom is 0.243 e. The molecule has 1 fully saturated rings. The molecule has 200 valence electrons. The molecule has 2 aromatic carbocycles. The number of halogens is 1. The molecule has 1 aliphatic carbocycles. The number of fused-ring (bicyclic) bond motifs is 1. The van der Waals surface area contributed by atoms with Gasteiger partial charge in [0.05, 0.1) is 11.8 Å². The summed E-state index contributed by atoms with van der Waals surface area (Å²) < 4.78 is 0. The Morgan fingerprint density at radius 3 is 2.21 bits per heavy atom. The van der Waals surface area contributed by atoms with Crippen molar-refractivity contribution in [1.82, 2.24) is 15.1 Å². The Hall–Kier alpha value is -3.45. The largest absolute Gasteiger partial charge is 0.352 e. The molecule has 1 N–H and O–H groups in total. The first-order chi connectivity index (χ1) is 18.2. The molecular formula is C30H34ClN3O4. The van der Waals surface area contributed by atoms with Crippen LogP contribution in [-0.2, 0) is 32.1 Å². The summed E-state index contributed by atoms with van der Waals surface area (Å²) in [4.78, 5) is 55.9. The molecule has 1 unspecified atom stereocenters. The lowest BCUT2D eigenvalue weighted by atomic mass is 9.85. The van der Waals surface area contributed by atoms with Crippen LogP contribution in [-0.4, -0.2) is 52.1 Å². The van der Waals surface area contributed by atoms with Crippen molar-refractivity contribution in [3.05, 3.63) is 82.9 Å². The maximum absolute atomic E-state index is 13.8. The predicted molar refractivity (Wildman–Crippen MR) is 146 cm³/mol. The standard InChI is InChI=1S/C30H34ClN3O4/c1-20(2)32-28(36)26(18-21-9-4-3-5-10-21)34(19-22-11-8-12-23(31)17-22)27(35)15-16-33-29(37)24-13-6-7-14-25(24)30(33)38/h3-12,17,20,24-26H,13-16,18-19H2,1-2H3,(H,32,36)/t24-,25+,26?. The second-order valence-corrected chi connectivity index (χ2v) is 10.7. The third-order valence-electron chi connectivity index (χ3n) is 7.09. The summed E-state index contributed by atoms with van der Waals surface area (Å²) in [6.07, 6.45) is 5.24. The van der Waals surface area contributed by atoms with Crippen LogP contribution in [0.2, 0.25) is 5.02 Å². The molecule has 3 atom stereocenters. The van der Waals surface area contributed by atoms with E-state index in [1.165, 1.54) is 4.90 Å². The third-order valence-corrected chi connectivity index (χ3v) is 7.33. The number of carbonyl (C=O) groups excluding carboxylic acids is 4. The van der Waals surface area contributed by atoms with E-state index in [2.05, 4.69) is 5.32 Å². The number of amides is 4. The average molecular weight is 536 g/mol. The quantitative estimate of drug-likeness (QED) is 0.366. The minimum atomic E-state index is -0.789. The van der Waals surface area contributed by atoms with Crippen molar-refractivity contribution in [1.29, 1.82) is 0 Å². The van der Waals surface area contributed by atoms with E-state index in [0.717, 1.165) is 11.1 Å². The first kappa shape index (κ1) is 27.6. The minimum Gasteiger partial charge on any atom is -0.352 e. The summed E-state index contributed by atoms with van der Waals surface area (Å²) in [7, 11) is 0. The van der Waals surface area contributed by atoms with Crippen LogP contribution in [0.15, 0.2) is 66.7 Å². The highest BCUT2D eigenvalue weighted by molar-refractivity contribution is 6.30. The SMILES string of the molecule is CC(C)NC(=O)C(Cc1ccccc1)N(Cc1cccc(Cl)c1)C(=O)CCN1C(=O)[C@H]2CC=CC[C@H]2C1=O. The number of hydrogen-bond donors (Lipinski definition) is 1. The summed E-state index contributed by atoms with van der Waals surface area (Å²) in [5, 5.41) is 3.49. The maximum atomic E-state index is 13.8. The van der Waals surface area contributed by atoms with Crippen LogP contribution in [0.25, 0.3) is 0 Å². The molecule has 1 heterocycles. The minimum absolute atomic E-state index is 0.000593. The van der Waals surface area contributed by atoms with E-state index in [-0.39, 0.29) is 61.0 Å². The Bertz CT molecular complexity index is 1190. The Kier molecular flexibility index (Phi) is 9.00. The Balaban J connectivity index is 1.59. The van der Waals surface area contributed by atoms with Crippen molar-refractivity contribution in [2.24, 2.45) is 11.8 Å². The lowest BCUT2D eigenvalue weighted by Gasteiger charge is -2.32. The van der Waals surface area contributed by atoms with Crippen molar-refractivity contribution < 1.29 is 19.2 Å². The molecule has 0 radical (unpaired) electrons. The van der Waals surface area contributed by atoms with Gasteiger partial charge in [0.2, 0.25) is 23.6 Å². The second-order valence-electron chi connectivity index (χ2n) is 10.3. The van der Waals surface area contributed by atoms with Gasteiger partial charge in [0, 0.05) is 37.0 Å². The molecule has 0 aromatic heterocycles. The number of allylic oxidation sites excluding steroid dienone is 2. The van der Waals surface area contributed by atoms with Gasteiger partial charge in [-0.3, -0.25) is 24.1 Å². The molecule has 1 saturated heterocycles. The first-order valence-electron chi connectivity index (χ1n) is 13.1. The van der Waals surface area contributed by atoms with Gasteiger partial charge in [0.15, 0.2) is 0 Å². The van der Waals surface area contributed by atoms with Crippen molar-refractivity contribution in [2.45, 2.75) is 58.2 Å². The van der Waals surface area contributed by atoms with Crippen molar-refractivity contribution in [3.63, 3.8) is 0 Å². The van der Waals surface area contributed by atoms with Crippen LogP contribution in [0.3, 0.4) is 0 Å². The first-order valence-corrected chi connectivity index (χ1v) is 13.5. The zero-order valence-electron chi connectivity index (χ0n) is 21.8. The Morgan fingerprint density at radius 1 is 0.974 bits per heavy atom. The van der Waals surface area contributed by atoms with Gasteiger partial charge >= 0.3 is 0 Å². The Labute approximate surface area is 228 Å². The van der Waals surface area contributed by atoms with Crippen LogP contribution in [0.1, 0.15) is 44.2 Å². The zero-order chi connectivity index (χ0) is 27.2. The number of carbonyl (C=O) groups is 4. The lowest BCUT2D eigenvalue weighted by molar-refractivity contribution is -0.144. The summed E-state index contributed by atoms with van der Waals surface area (Å²) in [5.74, 6) is -1.67. The fourth-order valence-electron chi connectivity index (χ4n) is 5.21. The Morgan fingerprint density at radius 2 is 1.61 bits per heavy atom. The lowest BCUT2D eigenvalue weighted by Crippen LogP contribution is -2.52. The normalized spacial score (nSPS) is 19.4. The summed E-state index contributed by atoms with van der Waals surface area (Å²) in [5.41, 5.74) is 1.70. The van der Waals surface area contributed by atoms with Gasteiger partial charge in [-0.2, -0.15) is 0 Å². The fourth-order valence-corrected chi connectivity index (χ4v) is 5.42. The number of nitrogens with one attached hydrogen (secondary N) is 1. The van der Waals surface area contributed by atoms with Gasteiger partial charge in [-0.1, -0.05) is 66.2 Å². The highest BCUT2D eigenvalue weighted by atomic mass is 35.5. The summed E-state index contributed by atoms with van der Waals surface area (Å²) in [6, 6.07) is 15.8. The molecule has 2 aliphatic rings. The van der Waals surface area contributed by atoms with E-state index in [4.69, 9.17) is 11.6 Å². The van der Waals surface area contributed by atoms with E-state index in [1.54, 1.807) is 23.1 Å². The van der Waals surface area contributed by atoms with Crippen molar-refractivity contribution in [2.75, 3.05) is 6.54 Å². The molecule has 7 nitrogen and oxygen atoms in total. The van der Waals surface area contributed by atoms with Crippen LogP contribution in [0, 0.1) is 11.8 Å². The number of likely N-dealkylation sites (tertiary alicyclic amines) is 1. The summed E-state index contributed by atoms with van der Waals surface area (Å²) in [6.45, 7) is 3.91. The van der Waals surface area contributed by atoms with Gasteiger partial charge in [-0.05, 0) is 49.9 Å². The molecule has 2 aromatic rings. The zero-order valence-corrected chi connectivity index (χ0v) is 22.6. The van der Waals surface area contributed by atoms with Gasteiger partial charge in [0.1, 0.15) is 6.04 Å². The number of nitrogens with zero attached hydrogens (tertiary/aromatic N) is 2. The number of benzene rings is 2. The van der Waals surface area contributed by atoms with E-state index in [1.807, 2.05) is 62.4 Å². The van der Waals surface area contributed by atoms with E-state index in [9.17, 15) is 19.2 Å². The molecule has 0 saturated carbocycles. The number of imide groups is 1. The van der Waals surface area contributed by atoms with E-state index in [0.29, 0.717) is 24.3 Å². The van der Waals surface area contributed by atoms with Gasteiger partial charge in [-0.15, -0.1) is 0 Å². The van der Waals surface area contributed by atoms with Crippen molar-refractivity contribution in [3.8, 4) is 0 Å². The number of rotatable bonds is 10. The second kappa shape index (κ2) is 12.4. The molecule has 0 bridgehead atoms. The average Bonchev–Trinajstić information content (AvgIpc) is 3.14. The molecule has 4 amide bonds.